The Bertz CT molecular complexity index is 1360. The number of carbonyl (C=O) groups excluding carboxylic acids is 1. The first kappa shape index (κ1) is 25.4. The number of anilines is 3. The highest BCUT2D eigenvalue weighted by Crippen LogP contribution is 2.44. The quantitative estimate of drug-likeness (QED) is 0.603. The van der Waals surface area contributed by atoms with Crippen LogP contribution in [0.25, 0.3) is 0 Å². The molecule has 6 heterocycles. The molecule has 6 rings (SSSR count). The van der Waals surface area contributed by atoms with Crippen LogP contribution in [0.15, 0.2) is 18.3 Å². The number of fused-ring (bicyclic) bond motifs is 2. The molecule has 0 spiro atoms. The molecule has 4 aliphatic rings. The first-order valence-electron chi connectivity index (χ1n) is 13.7. The summed E-state index contributed by atoms with van der Waals surface area (Å²) >= 11 is 0. The van der Waals surface area contributed by atoms with Gasteiger partial charge in [-0.25, -0.2) is 9.97 Å². The first-order chi connectivity index (χ1) is 19.1. The Labute approximate surface area is 228 Å². The van der Waals surface area contributed by atoms with Crippen molar-refractivity contribution in [3.8, 4) is 23.7 Å². The molecule has 0 aromatic carbocycles. The topological polar surface area (TPSA) is 107 Å². The van der Waals surface area contributed by atoms with Gasteiger partial charge in [-0.05, 0) is 44.7 Å². The summed E-state index contributed by atoms with van der Waals surface area (Å²) in [5.41, 5.74) is 3.97. The summed E-state index contributed by atoms with van der Waals surface area (Å²) in [7, 11) is 0. The van der Waals surface area contributed by atoms with Crippen LogP contribution in [0.5, 0.6) is 5.75 Å². The Kier molecular flexibility index (Phi) is 6.99. The fourth-order valence-electron chi connectivity index (χ4n) is 6.07. The highest BCUT2D eigenvalue weighted by atomic mass is 16.5. The monoisotopic (exact) mass is 527 g/mol. The van der Waals surface area contributed by atoms with E-state index in [9.17, 15) is 10.1 Å². The van der Waals surface area contributed by atoms with E-state index in [0.717, 1.165) is 80.6 Å². The van der Waals surface area contributed by atoms with E-state index >= 15 is 0 Å². The Balaban J connectivity index is 1.19. The van der Waals surface area contributed by atoms with Crippen molar-refractivity contribution < 1.29 is 14.3 Å². The zero-order valence-electron chi connectivity index (χ0n) is 22.4. The van der Waals surface area contributed by atoms with Gasteiger partial charge in [-0.2, -0.15) is 5.26 Å². The molecular weight excluding hydrogens is 494 g/mol. The van der Waals surface area contributed by atoms with Crippen molar-refractivity contribution in [2.45, 2.75) is 44.8 Å². The summed E-state index contributed by atoms with van der Waals surface area (Å²) in [5, 5.41) is 13.5. The van der Waals surface area contributed by atoms with Crippen LogP contribution in [0.1, 0.15) is 55.7 Å². The lowest BCUT2D eigenvalue weighted by molar-refractivity contribution is -0.126. The first-order valence-corrected chi connectivity index (χ1v) is 13.7. The normalized spacial score (nSPS) is 21.6. The summed E-state index contributed by atoms with van der Waals surface area (Å²) in [6.45, 7) is 9.95. The van der Waals surface area contributed by atoms with Crippen LogP contribution in [-0.2, 0) is 9.53 Å². The molecule has 0 aliphatic carbocycles. The molecule has 3 saturated heterocycles. The minimum absolute atomic E-state index is 0.0761. The lowest BCUT2D eigenvalue weighted by atomic mass is 9.90. The average Bonchev–Trinajstić information content (AvgIpc) is 3.08. The number of morpholine rings is 1. The standard InChI is InChI=1S/C29H33N7O3/c1-3-4-26(37)35-9-6-21(7-10-35)36-17-20(18-36)22-15-23-28(24(16-30)32-22)39-19(2)27-25(5-8-31-29(27)33-23)34-11-13-38-14-12-34/h5,8,15,19-21H,6-7,9-14,17-18H2,1-2H3,(H,31,33)/t19-/m0/s1. The number of nitriles is 1. The molecule has 1 atom stereocenters. The minimum atomic E-state index is -0.305. The van der Waals surface area contributed by atoms with Crippen molar-refractivity contribution in [3.63, 3.8) is 0 Å². The maximum Gasteiger partial charge on any atom is 0.298 e. The van der Waals surface area contributed by atoms with Gasteiger partial charge in [-0.1, -0.05) is 5.92 Å². The second-order valence-corrected chi connectivity index (χ2v) is 10.5. The van der Waals surface area contributed by atoms with Crippen molar-refractivity contribution in [1.29, 1.82) is 5.26 Å². The number of amides is 1. The number of hydrogen-bond acceptors (Lipinski definition) is 9. The smallest absolute Gasteiger partial charge is 0.298 e. The number of nitrogens with zero attached hydrogens (tertiary/aromatic N) is 6. The maximum absolute atomic E-state index is 12.1. The Morgan fingerprint density at radius 2 is 1.95 bits per heavy atom. The molecule has 0 unspecified atom stereocenters. The van der Waals surface area contributed by atoms with Gasteiger partial charge >= 0.3 is 0 Å². The summed E-state index contributed by atoms with van der Waals surface area (Å²) in [4.78, 5) is 28.1. The molecule has 1 amide bonds. The number of nitrogens with one attached hydrogen (secondary N) is 1. The number of hydrogen-bond donors (Lipinski definition) is 1. The van der Waals surface area contributed by atoms with Crippen molar-refractivity contribution in [2.75, 3.05) is 62.7 Å². The van der Waals surface area contributed by atoms with E-state index in [4.69, 9.17) is 14.5 Å². The van der Waals surface area contributed by atoms with E-state index in [1.807, 2.05) is 30.2 Å². The zero-order valence-corrected chi connectivity index (χ0v) is 22.4. The van der Waals surface area contributed by atoms with Gasteiger partial charge in [-0.3, -0.25) is 9.69 Å². The molecule has 0 bridgehead atoms. The molecule has 0 saturated carbocycles. The molecule has 2 aromatic heterocycles. The van der Waals surface area contributed by atoms with E-state index < -0.39 is 0 Å². The van der Waals surface area contributed by atoms with Crippen molar-refractivity contribution in [2.24, 2.45) is 0 Å². The van der Waals surface area contributed by atoms with Crippen LogP contribution in [0, 0.1) is 23.2 Å². The van der Waals surface area contributed by atoms with Gasteiger partial charge in [0.05, 0.1) is 24.5 Å². The van der Waals surface area contributed by atoms with Gasteiger partial charge in [-0.15, -0.1) is 0 Å². The molecule has 2 aromatic rings. The van der Waals surface area contributed by atoms with E-state index in [-0.39, 0.29) is 17.9 Å². The third-order valence-electron chi connectivity index (χ3n) is 8.20. The van der Waals surface area contributed by atoms with E-state index in [1.54, 1.807) is 6.92 Å². The highest BCUT2D eigenvalue weighted by molar-refractivity contribution is 5.93. The predicted molar refractivity (Wildman–Crippen MR) is 146 cm³/mol. The third-order valence-corrected chi connectivity index (χ3v) is 8.20. The maximum atomic E-state index is 12.1. The van der Waals surface area contributed by atoms with Gasteiger partial charge in [0.25, 0.3) is 5.91 Å². The van der Waals surface area contributed by atoms with E-state index in [0.29, 0.717) is 30.7 Å². The number of rotatable bonds is 3. The van der Waals surface area contributed by atoms with Crippen molar-refractivity contribution in [1.82, 2.24) is 19.8 Å². The molecule has 1 N–H and O–H groups in total. The molecule has 10 heteroatoms. The van der Waals surface area contributed by atoms with Crippen LogP contribution in [0.2, 0.25) is 0 Å². The molecular formula is C29H33N7O3. The fraction of sp³-hybridized carbons (Fsp3) is 0.517. The summed E-state index contributed by atoms with van der Waals surface area (Å²) in [6.07, 6.45) is 3.41. The SMILES string of the molecule is CC#CC(=O)N1CCC(N2CC(c3cc4c(c(C#N)n3)O[C@@H](C)c3c(N5CCOCC5)ccnc3N4)C2)CC1. The Morgan fingerprint density at radius 1 is 1.18 bits per heavy atom. The number of ether oxygens (including phenoxy) is 2. The Morgan fingerprint density at radius 3 is 2.67 bits per heavy atom. The van der Waals surface area contributed by atoms with Gasteiger partial charge in [0, 0.05) is 68.8 Å². The van der Waals surface area contributed by atoms with Crippen LogP contribution in [0.3, 0.4) is 0 Å². The summed E-state index contributed by atoms with van der Waals surface area (Å²) in [5.74, 6) is 6.73. The summed E-state index contributed by atoms with van der Waals surface area (Å²) in [6, 6.07) is 6.76. The molecule has 39 heavy (non-hydrogen) atoms. The molecule has 202 valence electrons. The van der Waals surface area contributed by atoms with Crippen molar-refractivity contribution >= 4 is 23.1 Å². The van der Waals surface area contributed by atoms with Crippen LogP contribution in [0.4, 0.5) is 17.2 Å². The number of likely N-dealkylation sites (tertiary alicyclic amines) is 2. The van der Waals surface area contributed by atoms with Gasteiger partial charge in [0.15, 0.2) is 11.4 Å². The second-order valence-electron chi connectivity index (χ2n) is 10.5. The lowest BCUT2D eigenvalue weighted by Crippen LogP contribution is -2.54. The third kappa shape index (κ3) is 4.87. The van der Waals surface area contributed by atoms with Gasteiger partial charge in [0.2, 0.25) is 0 Å². The zero-order chi connectivity index (χ0) is 26.9. The number of pyridine rings is 2. The molecule has 3 fully saturated rings. The number of aromatic nitrogens is 2. The van der Waals surface area contributed by atoms with E-state index in [1.165, 1.54) is 0 Å². The largest absolute Gasteiger partial charge is 0.481 e. The molecule has 0 radical (unpaired) electrons. The number of carbonyl (C=O) groups is 1. The minimum Gasteiger partial charge on any atom is -0.481 e. The van der Waals surface area contributed by atoms with Crippen LogP contribution >= 0.6 is 0 Å². The highest BCUT2D eigenvalue weighted by Gasteiger charge is 2.37. The lowest BCUT2D eigenvalue weighted by Gasteiger charge is -2.46. The fourth-order valence-corrected chi connectivity index (χ4v) is 6.07. The Hall–Kier alpha value is -3.86. The van der Waals surface area contributed by atoms with Crippen LogP contribution < -0.4 is 15.0 Å². The van der Waals surface area contributed by atoms with Gasteiger partial charge < -0.3 is 24.6 Å². The van der Waals surface area contributed by atoms with Crippen molar-refractivity contribution in [3.05, 3.63) is 35.3 Å². The van der Waals surface area contributed by atoms with Crippen LogP contribution in [-0.4, -0.2) is 84.2 Å². The van der Waals surface area contributed by atoms with E-state index in [2.05, 4.69) is 38.0 Å². The molecule has 10 nitrogen and oxygen atoms in total. The van der Waals surface area contributed by atoms with Gasteiger partial charge in [0.1, 0.15) is 18.0 Å². The second kappa shape index (κ2) is 10.7. The predicted octanol–water partition coefficient (Wildman–Crippen LogP) is 2.80. The summed E-state index contributed by atoms with van der Waals surface area (Å²) < 4.78 is 11.9. The number of piperidine rings is 1. The molecule has 4 aliphatic heterocycles. The average molecular weight is 528 g/mol.